The first-order valence-corrected chi connectivity index (χ1v) is 8.95. The SMILES string of the molecule is Cc1c(NCC(C)O)ccc(C#N)c1Cl.Oc1ccc(-c2nnco2)cc1Cl. The van der Waals surface area contributed by atoms with Crippen molar-refractivity contribution in [2.45, 2.75) is 20.0 Å². The molecule has 1 atom stereocenters. The second-order valence-electron chi connectivity index (χ2n) is 5.85. The summed E-state index contributed by atoms with van der Waals surface area (Å²) in [6.07, 6.45) is 0.814. The molecule has 0 saturated heterocycles. The van der Waals surface area contributed by atoms with E-state index in [2.05, 4.69) is 15.5 Å². The van der Waals surface area contributed by atoms with Crippen LogP contribution in [0, 0.1) is 18.3 Å². The molecule has 3 N–H and O–H groups in total. The van der Waals surface area contributed by atoms with Crippen molar-refractivity contribution >= 4 is 28.9 Å². The molecule has 28 heavy (non-hydrogen) atoms. The smallest absolute Gasteiger partial charge is 0.247 e. The number of aliphatic hydroxyl groups excluding tert-OH is 1. The van der Waals surface area contributed by atoms with E-state index in [1.54, 1.807) is 31.2 Å². The normalized spacial score (nSPS) is 11.1. The van der Waals surface area contributed by atoms with Gasteiger partial charge in [0.2, 0.25) is 12.3 Å². The van der Waals surface area contributed by atoms with Crippen LogP contribution in [0.3, 0.4) is 0 Å². The summed E-state index contributed by atoms with van der Waals surface area (Å²) in [4.78, 5) is 0. The molecule has 0 saturated carbocycles. The summed E-state index contributed by atoms with van der Waals surface area (Å²) in [6.45, 7) is 4.00. The first-order valence-electron chi connectivity index (χ1n) is 8.19. The van der Waals surface area contributed by atoms with Crippen LogP contribution in [0.25, 0.3) is 11.5 Å². The molecule has 0 aliphatic heterocycles. The molecule has 0 fully saturated rings. The number of hydrogen-bond acceptors (Lipinski definition) is 7. The van der Waals surface area contributed by atoms with Crippen molar-refractivity contribution in [2.75, 3.05) is 11.9 Å². The Balaban J connectivity index is 0.000000202. The quantitative estimate of drug-likeness (QED) is 0.572. The Bertz CT molecular complexity index is 970. The van der Waals surface area contributed by atoms with Gasteiger partial charge < -0.3 is 19.9 Å². The highest BCUT2D eigenvalue weighted by Gasteiger charge is 2.08. The van der Waals surface area contributed by atoms with Crippen LogP contribution in [-0.4, -0.2) is 33.1 Å². The van der Waals surface area contributed by atoms with Crippen molar-refractivity contribution in [3.8, 4) is 23.3 Å². The van der Waals surface area contributed by atoms with E-state index in [1.165, 1.54) is 12.5 Å². The molecule has 0 radical (unpaired) electrons. The molecule has 0 bridgehead atoms. The topological polar surface area (TPSA) is 115 Å². The van der Waals surface area contributed by atoms with Crippen LogP contribution in [0.1, 0.15) is 18.1 Å². The van der Waals surface area contributed by atoms with Crippen LogP contribution >= 0.6 is 23.2 Å². The molecule has 3 aromatic rings. The van der Waals surface area contributed by atoms with E-state index in [4.69, 9.17) is 43.1 Å². The summed E-state index contributed by atoms with van der Waals surface area (Å²) in [5.41, 5.74) is 2.83. The molecule has 1 heterocycles. The molecule has 0 aliphatic rings. The minimum absolute atomic E-state index is 0.0323. The molecule has 3 rings (SSSR count). The Labute approximate surface area is 172 Å². The lowest BCUT2D eigenvalue weighted by molar-refractivity contribution is 0.208. The third-order valence-corrected chi connectivity index (χ3v) is 4.44. The van der Waals surface area contributed by atoms with Gasteiger partial charge >= 0.3 is 0 Å². The predicted molar refractivity (Wildman–Crippen MR) is 107 cm³/mol. The van der Waals surface area contributed by atoms with Gasteiger partial charge in [-0.1, -0.05) is 23.2 Å². The number of phenolic OH excluding ortho intramolecular Hbond substituents is 1. The number of nitrogens with one attached hydrogen (secondary N) is 1. The van der Waals surface area contributed by atoms with E-state index < -0.39 is 6.10 Å². The third kappa shape index (κ3) is 5.60. The molecule has 0 amide bonds. The van der Waals surface area contributed by atoms with Gasteiger partial charge in [0.05, 0.1) is 21.7 Å². The molecule has 1 unspecified atom stereocenters. The number of hydrogen-bond donors (Lipinski definition) is 3. The standard InChI is InChI=1S/C11H13ClN2O.C8H5ClN2O2/c1-7(15)6-14-10-4-3-9(5-13)11(12)8(10)2;9-6-3-5(1-2-7(6)12)8-11-10-4-13-8/h3-4,7,14-15H,6H2,1-2H3;1-4,12H. The van der Waals surface area contributed by atoms with Gasteiger partial charge in [0.25, 0.3) is 0 Å². The fourth-order valence-electron chi connectivity index (χ4n) is 2.16. The van der Waals surface area contributed by atoms with E-state index in [0.29, 0.717) is 28.6 Å². The largest absolute Gasteiger partial charge is 0.506 e. The van der Waals surface area contributed by atoms with Crippen molar-refractivity contribution < 1.29 is 14.6 Å². The fraction of sp³-hybridized carbons (Fsp3) is 0.211. The lowest BCUT2D eigenvalue weighted by Crippen LogP contribution is -2.15. The lowest BCUT2D eigenvalue weighted by Gasteiger charge is -2.12. The Kier molecular flexibility index (Phi) is 7.64. The van der Waals surface area contributed by atoms with Crippen LogP contribution in [0.4, 0.5) is 5.69 Å². The highest BCUT2D eigenvalue weighted by Crippen LogP contribution is 2.28. The van der Waals surface area contributed by atoms with Crippen molar-refractivity contribution in [1.29, 1.82) is 5.26 Å². The van der Waals surface area contributed by atoms with Crippen LogP contribution in [0.15, 0.2) is 41.1 Å². The van der Waals surface area contributed by atoms with E-state index in [-0.39, 0.29) is 10.8 Å². The summed E-state index contributed by atoms with van der Waals surface area (Å²) >= 11 is 11.7. The molecule has 9 heteroatoms. The number of aromatic hydroxyl groups is 1. The van der Waals surface area contributed by atoms with Gasteiger partial charge in [-0.25, -0.2) is 0 Å². The van der Waals surface area contributed by atoms with Crippen LogP contribution in [-0.2, 0) is 0 Å². The molecular weight excluding hydrogens is 403 g/mol. The van der Waals surface area contributed by atoms with Crippen molar-refractivity contribution in [1.82, 2.24) is 10.2 Å². The Morgan fingerprint density at radius 3 is 2.61 bits per heavy atom. The Morgan fingerprint density at radius 1 is 1.29 bits per heavy atom. The van der Waals surface area contributed by atoms with E-state index >= 15 is 0 Å². The minimum atomic E-state index is -0.418. The Hall–Kier alpha value is -2.79. The average Bonchev–Trinajstić information content (AvgIpc) is 3.20. The molecule has 0 aliphatic carbocycles. The number of aromatic nitrogens is 2. The van der Waals surface area contributed by atoms with Crippen LogP contribution in [0.5, 0.6) is 5.75 Å². The molecule has 146 valence electrons. The first-order chi connectivity index (χ1) is 13.3. The number of phenols is 1. The maximum Gasteiger partial charge on any atom is 0.247 e. The number of anilines is 1. The maximum atomic E-state index is 9.14. The molecule has 0 spiro atoms. The Morgan fingerprint density at radius 2 is 2.04 bits per heavy atom. The summed E-state index contributed by atoms with van der Waals surface area (Å²) < 4.78 is 4.95. The second-order valence-corrected chi connectivity index (χ2v) is 6.64. The van der Waals surface area contributed by atoms with Gasteiger partial charge in [0, 0.05) is 17.8 Å². The third-order valence-electron chi connectivity index (χ3n) is 3.65. The van der Waals surface area contributed by atoms with E-state index in [1.807, 2.05) is 13.0 Å². The summed E-state index contributed by atoms with van der Waals surface area (Å²) in [5.74, 6) is 0.409. The number of nitriles is 1. The maximum absolute atomic E-state index is 9.14. The second kappa shape index (κ2) is 9.95. The average molecular weight is 421 g/mol. The van der Waals surface area contributed by atoms with Crippen molar-refractivity contribution in [2.24, 2.45) is 0 Å². The molecule has 2 aromatic carbocycles. The molecular formula is C19H18Cl2N4O3. The van der Waals surface area contributed by atoms with Gasteiger partial charge in [0.15, 0.2) is 0 Å². The first kappa shape index (κ1) is 21.5. The van der Waals surface area contributed by atoms with Gasteiger partial charge in [-0.2, -0.15) is 5.26 Å². The highest BCUT2D eigenvalue weighted by molar-refractivity contribution is 6.33. The van der Waals surface area contributed by atoms with Gasteiger partial charge in [-0.05, 0) is 49.7 Å². The summed E-state index contributed by atoms with van der Waals surface area (Å²) in [5, 5.41) is 38.0. The van der Waals surface area contributed by atoms with Crippen LogP contribution in [0.2, 0.25) is 10.0 Å². The highest BCUT2D eigenvalue weighted by atomic mass is 35.5. The number of benzene rings is 2. The van der Waals surface area contributed by atoms with Crippen molar-refractivity contribution in [3.63, 3.8) is 0 Å². The number of aliphatic hydroxyl groups is 1. The van der Waals surface area contributed by atoms with Crippen molar-refractivity contribution in [3.05, 3.63) is 57.9 Å². The van der Waals surface area contributed by atoms with Gasteiger partial charge in [0.1, 0.15) is 11.8 Å². The predicted octanol–water partition coefficient (Wildman–Crippen LogP) is 4.41. The summed E-state index contributed by atoms with van der Waals surface area (Å²) in [6, 6.07) is 10.2. The molecule has 1 aromatic heterocycles. The number of rotatable bonds is 4. The fourth-order valence-corrected chi connectivity index (χ4v) is 2.55. The zero-order chi connectivity index (χ0) is 20.7. The monoisotopic (exact) mass is 420 g/mol. The minimum Gasteiger partial charge on any atom is -0.506 e. The van der Waals surface area contributed by atoms with Gasteiger partial charge in [-0.3, -0.25) is 0 Å². The van der Waals surface area contributed by atoms with Crippen LogP contribution < -0.4 is 5.32 Å². The number of nitrogens with zero attached hydrogens (tertiary/aromatic N) is 3. The van der Waals surface area contributed by atoms with Gasteiger partial charge in [-0.15, -0.1) is 10.2 Å². The number of halogens is 2. The zero-order valence-electron chi connectivity index (χ0n) is 15.1. The van der Waals surface area contributed by atoms with E-state index in [0.717, 1.165) is 11.3 Å². The van der Waals surface area contributed by atoms with E-state index in [9.17, 15) is 0 Å². The lowest BCUT2D eigenvalue weighted by atomic mass is 10.1. The summed E-state index contributed by atoms with van der Waals surface area (Å²) in [7, 11) is 0. The zero-order valence-corrected chi connectivity index (χ0v) is 16.7. The molecule has 7 nitrogen and oxygen atoms in total.